The Balaban J connectivity index is 3.19. The van der Waals surface area contributed by atoms with Crippen molar-refractivity contribution in [2.45, 2.75) is 46.3 Å². The predicted octanol–water partition coefficient (Wildman–Crippen LogP) is 4.43. The molecule has 0 unspecified atom stereocenters. The van der Waals surface area contributed by atoms with Gasteiger partial charge < -0.3 is 10.6 Å². The molecule has 0 saturated heterocycles. The van der Waals surface area contributed by atoms with E-state index in [0.717, 1.165) is 12.8 Å². The maximum absolute atomic E-state index is 13.3. The van der Waals surface area contributed by atoms with Crippen molar-refractivity contribution >= 4 is 5.69 Å². The summed E-state index contributed by atoms with van der Waals surface area (Å²) in [6.07, 6.45) is -2.42. The highest BCUT2D eigenvalue weighted by molar-refractivity contribution is 5.56. The van der Waals surface area contributed by atoms with Crippen molar-refractivity contribution in [3.8, 4) is 0 Å². The molecule has 2 nitrogen and oxygen atoms in total. The van der Waals surface area contributed by atoms with E-state index in [2.05, 4.69) is 13.8 Å². The molecule has 0 aliphatic carbocycles. The number of rotatable bonds is 7. The average Bonchev–Trinajstić information content (AvgIpc) is 2.47. The fraction of sp³-hybridized carbons (Fsp3) is 0.625. The molecule has 0 saturated carbocycles. The summed E-state index contributed by atoms with van der Waals surface area (Å²) in [4.78, 5) is 1.82. The summed E-state index contributed by atoms with van der Waals surface area (Å²) in [5.74, 6) is 0.403. The lowest BCUT2D eigenvalue weighted by atomic mass is 10.0. The van der Waals surface area contributed by atoms with Gasteiger partial charge in [-0.1, -0.05) is 32.8 Å². The Morgan fingerprint density at radius 2 is 1.76 bits per heavy atom. The van der Waals surface area contributed by atoms with E-state index in [1.165, 1.54) is 6.07 Å². The first kappa shape index (κ1) is 17.8. The largest absolute Gasteiger partial charge is 0.418 e. The van der Waals surface area contributed by atoms with Crippen LogP contribution < -0.4 is 10.6 Å². The highest BCUT2D eigenvalue weighted by Gasteiger charge is 2.35. The molecule has 1 aromatic carbocycles. The van der Waals surface area contributed by atoms with E-state index in [4.69, 9.17) is 5.73 Å². The van der Waals surface area contributed by atoms with Gasteiger partial charge in [0.2, 0.25) is 0 Å². The Hall–Kier alpha value is -1.23. The molecule has 1 rings (SSSR count). The third kappa shape index (κ3) is 4.63. The van der Waals surface area contributed by atoms with Crippen LogP contribution in [0.15, 0.2) is 18.2 Å². The van der Waals surface area contributed by atoms with Crippen LogP contribution in [0.3, 0.4) is 0 Å². The van der Waals surface area contributed by atoms with Crippen LogP contribution in [0.1, 0.15) is 44.7 Å². The summed E-state index contributed by atoms with van der Waals surface area (Å²) in [6, 6.07) is 4.40. The van der Waals surface area contributed by atoms with E-state index in [9.17, 15) is 13.2 Å². The van der Waals surface area contributed by atoms with Crippen molar-refractivity contribution < 1.29 is 13.2 Å². The van der Waals surface area contributed by atoms with Gasteiger partial charge in [0.15, 0.2) is 0 Å². The first-order valence-corrected chi connectivity index (χ1v) is 7.52. The highest BCUT2D eigenvalue weighted by Crippen LogP contribution is 2.37. The van der Waals surface area contributed by atoms with Gasteiger partial charge in [-0.05, 0) is 30.5 Å². The minimum Gasteiger partial charge on any atom is -0.371 e. The molecular formula is C16H25F3N2. The third-order valence-electron chi connectivity index (χ3n) is 3.96. The van der Waals surface area contributed by atoms with Crippen molar-refractivity contribution in [3.05, 3.63) is 29.3 Å². The van der Waals surface area contributed by atoms with Crippen LogP contribution in [0.4, 0.5) is 18.9 Å². The zero-order valence-corrected chi connectivity index (χ0v) is 13.0. The van der Waals surface area contributed by atoms with E-state index >= 15 is 0 Å². The molecular weight excluding hydrogens is 277 g/mol. The second-order valence-electron chi connectivity index (χ2n) is 5.27. The van der Waals surface area contributed by atoms with E-state index in [0.29, 0.717) is 24.6 Å². The Kier molecular flexibility index (Phi) is 6.52. The maximum Gasteiger partial charge on any atom is 0.418 e. The third-order valence-corrected chi connectivity index (χ3v) is 3.96. The minimum absolute atomic E-state index is 0.113. The Morgan fingerprint density at radius 3 is 2.19 bits per heavy atom. The second-order valence-corrected chi connectivity index (χ2v) is 5.27. The van der Waals surface area contributed by atoms with E-state index in [1.807, 2.05) is 11.8 Å². The lowest BCUT2D eigenvalue weighted by Gasteiger charge is -2.30. The van der Waals surface area contributed by atoms with Gasteiger partial charge in [0.25, 0.3) is 0 Å². The second kappa shape index (κ2) is 7.69. The van der Waals surface area contributed by atoms with Crippen LogP contribution in [0.2, 0.25) is 0 Å². The number of alkyl halides is 3. The van der Waals surface area contributed by atoms with Crippen LogP contribution in [-0.2, 0) is 12.7 Å². The topological polar surface area (TPSA) is 29.3 Å². The first-order chi connectivity index (χ1) is 9.87. The standard InChI is InChI=1S/C16H25F3N2/c1-4-12(5-2)11-21(6-3)15-8-7-13(10-20)9-14(15)16(17,18)19/h7-9,12H,4-6,10-11,20H2,1-3H3. The van der Waals surface area contributed by atoms with Crippen molar-refractivity contribution in [2.24, 2.45) is 11.7 Å². The average molecular weight is 302 g/mol. The summed E-state index contributed by atoms with van der Waals surface area (Å²) in [5, 5.41) is 0. The van der Waals surface area contributed by atoms with Gasteiger partial charge in [0, 0.05) is 25.3 Å². The number of benzene rings is 1. The fourth-order valence-corrected chi connectivity index (χ4v) is 2.47. The maximum atomic E-state index is 13.3. The molecule has 2 N–H and O–H groups in total. The molecule has 5 heteroatoms. The lowest BCUT2D eigenvalue weighted by molar-refractivity contribution is -0.137. The highest BCUT2D eigenvalue weighted by atomic mass is 19.4. The number of nitrogens with zero attached hydrogens (tertiary/aromatic N) is 1. The monoisotopic (exact) mass is 302 g/mol. The van der Waals surface area contributed by atoms with Crippen LogP contribution in [0.25, 0.3) is 0 Å². The summed E-state index contributed by atoms with van der Waals surface area (Å²) in [5.41, 5.74) is 5.64. The molecule has 1 aromatic rings. The van der Waals surface area contributed by atoms with E-state index in [-0.39, 0.29) is 12.2 Å². The fourth-order valence-electron chi connectivity index (χ4n) is 2.47. The molecule has 0 radical (unpaired) electrons. The minimum atomic E-state index is -4.36. The molecule has 0 heterocycles. The molecule has 21 heavy (non-hydrogen) atoms. The van der Waals surface area contributed by atoms with Gasteiger partial charge in [-0.2, -0.15) is 13.2 Å². The molecule has 0 bridgehead atoms. The number of anilines is 1. The normalized spacial score (nSPS) is 12.0. The Labute approximate surface area is 125 Å². The summed E-state index contributed by atoms with van der Waals surface area (Å²) in [7, 11) is 0. The van der Waals surface area contributed by atoms with Gasteiger partial charge >= 0.3 is 6.18 Å². The number of nitrogens with two attached hydrogens (primary N) is 1. The van der Waals surface area contributed by atoms with Crippen LogP contribution in [0, 0.1) is 5.92 Å². The first-order valence-electron chi connectivity index (χ1n) is 7.52. The summed E-state index contributed by atoms with van der Waals surface area (Å²) >= 11 is 0. The molecule has 0 atom stereocenters. The van der Waals surface area contributed by atoms with Crippen molar-refractivity contribution in [3.63, 3.8) is 0 Å². The smallest absolute Gasteiger partial charge is 0.371 e. The number of halogens is 3. The lowest BCUT2D eigenvalue weighted by Crippen LogP contribution is -2.31. The molecule has 0 aliphatic heterocycles. The predicted molar refractivity (Wildman–Crippen MR) is 81.3 cm³/mol. The molecule has 120 valence electrons. The zero-order chi connectivity index (χ0) is 16.0. The van der Waals surface area contributed by atoms with Gasteiger partial charge in [0.1, 0.15) is 0 Å². The van der Waals surface area contributed by atoms with Crippen molar-refractivity contribution in [2.75, 3.05) is 18.0 Å². The summed E-state index contributed by atoms with van der Waals surface area (Å²) < 4.78 is 39.9. The van der Waals surface area contributed by atoms with E-state index < -0.39 is 11.7 Å². The zero-order valence-electron chi connectivity index (χ0n) is 13.0. The molecule has 0 fully saturated rings. The number of hydrogen-bond acceptors (Lipinski definition) is 2. The van der Waals surface area contributed by atoms with Crippen LogP contribution in [-0.4, -0.2) is 13.1 Å². The Bertz CT molecular complexity index is 440. The van der Waals surface area contributed by atoms with Crippen molar-refractivity contribution in [1.82, 2.24) is 0 Å². The van der Waals surface area contributed by atoms with Crippen molar-refractivity contribution in [1.29, 1.82) is 0 Å². The van der Waals surface area contributed by atoms with Gasteiger partial charge in [0.05, 0.1) is 5.56 Å². The SMILES string of the molecule is CCC(CC)CN(CC)c1ccc(CN)cc1C(F)(F)F. The van der Waals surface area contributed by atoms with Crippen LogP contribution >= 0.6 is 0 Å². The quantitative estimate of drug-likeness (QED) is 0.807. The Morgan fingerprint density at radius 1 is 1.14 bits per heavy atom. The van der Waals surface area contributed by atoms with Gasteiger partial charge in [-0.25, -0.2) is 0 Å². The molecule has 0 aliphatic rings. The van der Waals surface area contributed by atoms with Gasteiger partial charge in [-0.15, -0.1) is 0 Å². The molecule has 0 aromatic heterocycles. The summed E-state index contributed by atoms with van der Waals surface area (Å²) in [6.45, 7) is 7.35. The molecule has 0 amide bonds. The molecule has 0 spiro atoms. The van der Waals surface area contributed by atoms with Gasteiger partial charge in [-0.3, -0.25) is 0 Å². The van der Waals surface area contributed by atoms with Crippen LogP contribution in [0.5, 0.6) is 0 Å². The van der Waals surface area contributed by atoms with E-state index in [1.54, 1.807) is 12.1 Å². The number of hydrogen-bond donors (Lipinski definition) is 1.